The summed E-state index contributed by atoms with van der Waals surface area (Å²) in [5.74, 6) is 0.0910. The molecule has 2 unspecified atom stereocenters. The molecule has 0 bridgehead atoms. The predicted molar refractivity (Wildman–Crippen MR) is 80.3 cm³/mol. The van der Waals surface area contributed by atoms with Gasteiger partial charge in [0.25, 0.3) is 0 Å². The molecule has 2 aromatic rings. The predicted octanol–water partition coefficient (Wildman–Crippen LogP) is 2.79. The molecule has 0 aliphatic heterocycles. The van der Waals surface area contributed by atoms with Crippen molar-refractivity contribution in [3.63, 3.8) is 0 Å². The van der Waals surface area contributed by atoms with Crippen LogP contribution in [0, 0.1) is 0 Å². The highest BCUT2D eigenvalue weighted by atomic mass is 16.2. The number of anilines is 1. The van der Waals surface area contributed by atoms with Crippen molar-refractivity contribution in [1.82, 2.24) is 5.32 Å². The molecule has 20 heavy (non-hydrogen) atoms. The minimum absolute atomic E-state index is 0.00490. The number of benzene rings is 2. The van der Waals surface area contributed by atoms with Crippen LogP contribution in [-0.4, -0.2) is 5.91 Å². The molecule has 0 saturated carbocycles. The van der Waals surface area contributed by atoms with E-state index in [1.165, 1.54) is 5.56 Å². The van der Waals surface area contributed by atoms with Crippen LogP contribution in [0.2, 0.25) is 0 Å². The molecular formula is C17H18N2O. The molecule has 2 atom stereocenters. The Balaban J connectivity index is 1.69. The monoisotopic (exact) mass is 266 g/mol. The molecular weight excluding hydrogens is 248 g/mol. The second-order valence-corrected chi connectivity index (χ2v) is 5.36. The lowest BCUT2D eigenvalue weighted by Gasteiger charge is -2.30. The topological polar surface area (TPSA) is 55.1 Å². The molecule has 2 aromatic carbocycles. The van der Waals surface area contributed by atoms with Gasteiger partial charge in [-0.2, -0.15) is 0 Å². The molecule has 1 aliphatic carbocycles. The van der Waals surface area contributed by atoms with Gasteiger partial charge in [-0.05, 0) is 42.2 Å². The Labute approximate surface area is 118 Å². The summed E-state index contributed by atoms with van der Waals surface area (Å²) < 4.78 is 0. The third kappa shape index (κ3) is 2.27. The Morgan fingerprint density at radius 2 is 2.05 bits per heavy atom. The lowest BCUT2D eigenvalue weighted by Crippen LogP contribution is -2.36. The summed E-state index contributed by atoms with van der Waals surface area (Å²) in [6.45, 7) is 1.98. The van der Waals surface area contributed by atoms with Gasteiger partial charge in [-0.3, -0.25) is 4.79 Å². The van der Waals surface area contributed by atoms with Crippen LogP contribution in [0.3, 0.4) is 0 Å². The van der Waals surface area contributed by atoms with Crippen LogP contribution in [0.25, 0.3) is 0 Å². The largest absolute Gasteiger partial charge is 0.399 e. The Bertz CT molecular complexity index is 651. The van der Waals surface area contributed by atoms with Crippen LogP contribution < -0.4 is 11.1 Å². The van der Waals surface area contributed by atoms with Crippen LogP contribution in [0.15, 0.2) is 48.5 Å². The highest BCUT2D eigenvalue weighted by Crippen LogP contribution is 2.35. The fourth-order valence-electron chi connectivity index (χ4n) is 2.72. The summed E-state index contributed by atoms with van der Waals surface area (Å²) in [6, 6.07) is 15.7. The van der Waals surface area contributed by atoms with Gasteiger partial charge in [0.05, 0.1) is 12.0 Å². The highest BCUT2D eigenvalue weighted by molar-refractivity contribution is 5.87. The molecule has 3 N–H and O–H groups in total. The first kappa shape index (κ1) is 12.7. The van der Waals surface area contributed by atoms with Gasteiger partial charge in [0, 0.05) is 5.69 Å². The number of rotatable bonds is 3. The first-order chi connectivity index (χ1) is 9.65. The van der Waals surface area contributed by atoms with Gasteiger partial charge in [-0.1, -0.05) is 36.4 Å². The third-order valence-corrected chi connectivity index (χ3v) is 3.94. The van der Waals surface area contributed by atoms with E-state index in [0.29, 0.717) is 0 Å². The van der Waals surface area contributed by atoms with Crippen LogP contribution in [0.4, 0.5) is 5.69 Å². The lowest BCUT2D eigenvalue weighted by atomic mass is 9.77. The summed E-state index contributed by atoms with van der Waals surface area (Å²) in [7, 11) is 0. The number of amides is 1. The number of fused-ring (bicyclic) bond motifs is 1. The zero-order valence-corrected chi connectivity index (χ0v) is 11.5. The molecule has 3 rings (SSSR count). The number of nitrogens with one attached hydrogen (secondary N) is 1. The fourth-order valence-corrected chi connectivity index (χ4v) is 2.72. The van der Waals surface area contributed by atoms with E-state index < -0.39 is 0 Å². The summed E-state index contributed by atoms with van der Waals surface area (Å²) >= 11 is 0. The summed E-state index contributed by atoms with van der Waals surface area (Å²) in [5.41, 5.74) is 9.97. The van der Waals surface area contributed by atoms with Crippen molar-refractivity contribution in [1.29, 1.82) is 0 Å². The molecule has 3 nitrogen and oxygen atoms in total. The lowest BCUT2D eigenvalue weighted by molar-refractivity contribution is -0.123. The molecule has 0 heterocycles. The van der Waals surface area contributed by atoms with Crippen molar-refractivity contribution in [2.75, 3.05) is 5.73 Å². The number of carbonyl (C=O) groups excluding carboxylic acids is 1. The SMILES string of the molecule is CC(NC(=O)C1Cc2ccccc21)c1cccc(N)c1. The van der Waals surface area contributed by atoms with E-state index in [2.05, 4.69) is 11.4 Å². The van der Waals surface area contributed by atoms with E-state index in [0.717, 1.165) is 23.2 Å². The van der Waals surface area contributed by atoms with Gasteiger partial charge in [-0.25, -0.2) is 0 Å². The van der Waals surface area contributed by atoms with Crippen LogP contribution in [0.5, 0.6) is 0 Å². The van der Waals surface area contributed by atoms with Crippen molar-refractivity contribution in [2.24, 2.45) is 0 Å². The number of carbonyl (C=O) groups is 1. The highest BCUT2D eigenvalue weighted by Gasteiger charge is 2.32. The van der Waals surface area contributed by atoms with Gasteiger partial charge in [0.1, 0.15) is 0 Å². The molecule has 3 heteroatoms. The molecule has 1 amide bonds. The van der Waals surface area contributed by atoms with E-state index in [1.54, 1.807) is 0 Å². The molecule has 0 fully saturated rings. The Morgan fingerprint density at radius 1 is 1.25 bits per heavy atom. The zero-order valence-electron chi connectivity index (χ0n) is 11.5. The zero-order chi connectivity index (χ0) is 14.1. The van der Waals surface area contributed by atoms with Crippen molar-refractivity contribution in [2.45, 2.75) is 25.3 Å². The molecule has 0 aromatic heterocycles. The Morgan fingerprint density at radius 3 is 2.80 bits per heavy atom. The maximum Gasteiger partial charge on any atom is 0.228 e. The van der Waals surface area contributed by atoms with Gasteiger partial charge in [0.2, 0.25) is 5.91 Å². The molecule has 1 aliphatic rings. The maximum absolute atomic E-state index is 12.3. The van der Waals surface area contributed by atoms with E-state index >= 15 is 0 Å². The van der Waals surface area contributed by atoms with Gasteiger partial charge >= 0.3 is 0 Å². The average Bonchev–Trinajstić information content (AvgIpc) is 2.40. The summed E-state index contributed by atoms with van der Waals surface area (Å²) in [6.07, 6.45) is 0.839. The van der Waals surface area contributed by atoms with E-state index in [9.17, 15) is 4.79 Å². The number of hydrogen-bond donors (Lipinski definition) is 2. The van der Waals surface area contributed by atoms with Crippen LogP contribution in [0.1, 0.15) is 35.6 Å². The Hall–Kier alpha value is -2.29. The molecule has 0 radical (unpaired) electrons. The molecule has 0 saturated heterocycles. The van der Waals surface area contributed by atoms with Crippen molar-refractivity contribution < 1.29 is 4.79 Å². The molecule has 102 valence electrons. The number of hydrogen-bond acceptors (Lipinski definition) is 2. The first-order valence-electron chi connectivity index (χ1n) is 6.89. The minimum Gasteiger partial charge on any atom is -0.399 e. The van der Waals surface area contributed by atoms with Crippen LogP contribution >= 0.6 is 0 Å². The third-order valence-electron chi connectivity index (χ3n) is 3.94. The summed E-state index contributed by atoms with van der Waals surface area (Å²) in [4.78, 5) is 12.3. The average molecular weight is 266 g/mol. The minimum atomic E-state index is -0.0289. The molecule has 0 spiro atoms. The summed E-state index contributed by atoms with van der Waals surface area (Å²) in [5, 5.41) is 3.07. The van der Waals surface area contributed by atoms with Crippen molar-refractivity contribution >= 4 is 11.6 Å². The smallest absolute Gasteiger partial charge is 0.228 e. The second kappa shape index (κ2) is 5.00. The van der Waals surface area contributed by atoms with Crippen molar-refractivity contribution in [3.05, 3.63) is 65.2 Å². The van der Waals surface area contributed by atoms with Crippen LogP contribution in [-0.2, 0) is 11.2 Å². The fraction of sp³-hybridized carbons (Fsp3) is 0.235. The maximum atomic E-state index is 12.3. The van der Waals surface area contributed by atoms with Crippen molar-refractivity contribution in [3.8, 4) is 0 Å². The van der Waals surface area contributed by atoms with Gasteiger partial charge < -0.3 is 11.1 Å². The van der Waals surface area contributed by atoms with E-state index in [1.807, 2.05) is 49.4 Å². The normalized spacial score (nSPS) is 17.8. The first-order valence-corrected chi connectivity index (χ1v) is 6.89. The van der Waals surface area contributed by atoms with E-state index in [-0.39, 0.29) is 17.9 Å². The standard InChI is InChI=1S/C17H18N2O/c1-11(12-6-4-7-14(18)9-12)19-17(20)16-10-13-5-2-3-8-15(13)16/h2-9,11,16H,10,18H2,1H3,(H,19,20). The number of nitrogen functional groups attached to an aromatic ring is 1. The van der Waals surface area contributed by atoms with Gasteiger partial charge in [-0.15, -0.1) is 0 Å². The van der Waals surface area contributed by atoms with Gasteiger partial charge in [0.15, 0.2) is 0 Å². The quantitative estimate of drug-likeness (QED) is 0.839. The number of nitrogens with two attached hydrogens (primary N) is 1. The van der Waals surface area contributed by atoms with E-state index in [4.69, 9.17) is 5.73 Å². The Kier molecular flexibility index (Phi) is 3.18. The second-order valence-electron chi connectivity index (χ2n) is 5.36.